The van der Waals surface area contributed by atoms with Crippen molar-refractivity contribution in [1.82, 2.24) is 24.7 Å². The number of nitrogens with zero attached hydrogens (tertiary/aromatic N) is 4. The van der Waals surface area contributed by atoms with E-state index in [1.54, 1.807) is 11.2 Å². The molecule has 1 atom stereocenters. The van der Waals surface area contributed by atoms with E-state index < -0.39 is 47.0 Å². The second-order valence-electron chi connectivity index (χ2n) is 8.11. The lowest BCUT2D eigenvalue weighted by molar-refractivity contribution is -0.138. The van der Waals surface area contributed by atoms with Gasteiger partial charge in [-0.15, -0.1) is 0 Å². The van der Waals surface area contributed by atoms with E-state index in [1.807, 2.05) is 0 Å². The number of aromatic amines is 1. The molecule has 0 aliphatic carbocycles. The number of aryl methyl sites for hydroxylation is 1. The van der Waals surface area contributed by atoms with Crippen LogP contribution in [0.5, 0.6) is 0 Å². The largest absolute Gasteiger partial charge is 0.423 e. The van der Waals surface area contributed by atoms with Crippen LogP contribution in [0, 0.1) is 5.82 Å². The molecular formula is C23H19ClF4N6O3. The number of benzene rings is 1. The second-order valence-corrected chi connectivity index (χ2v) is 8.55. The number of aliphatic hydroxyl groups is 1. The van der Waals surface area contributed by atoms with Crippen molar-refractivity contribution in [3.8, 4) is 11.4 Å². The van der Waals surface area contributed by atoms with Crippen molar-refractivity contribution in [2.24, 2.45) is 0 Å². The van der Waals surface area contributed by atoms with Gasteiger partial charge in [0.1, 0.15) is 11.4 Å². The van der Waals surface area contributed by atoms with Gasteiger partial charge in [-0.25, -0.2) is 19.5 Å². The van der Waals surface area contributed by atoms with E-state index in [4.69, 9.17) is 11.6 Å². The first kappa shape index (κ1) is 26.2. The molecule has 14 heteroatoms. The summed E-state index contributed by atoms with van der Waals surface area (Å²) < 4.78 is 55.8. The topological polar surface area (TPSA) is 126 Å². The van der Waals surface area contributed by atoms with E-state index in [0.29, 0.717) is 10.4 Å². The Kier molecular flexibility index (Phi) is 7.55. The molecular weight excluding hydrogens is 520 g/mol. The molecule has 0 radical (unpaired) electrons. The highest BCUT2D eigenvalue weighted by Gasteiger charge is 2.37. The predicted octanol–water partition coefficient (Wildman–Crippen LogP) is 3.61. The smallest absolute Gasteiger partial charge is 0.394 e. The van der Waals surface area contributed by atoms with E-state index in [9.17, 15) is 32.3 Å². The minimum atomic E-state index is -4.92. The molecule has 4 aromatic rings. The Hall–Kier alpha value is -3.84. The van der Waals surface area contributed by atoms with Crippen molar-refractivity contribution in [1.29, 1.82) is 0 Å². The summed E-state index contributed by atoms with van der Waals surface area (Å²) in [7, 11) is 0. The van der Waals surface area contributed by atoms with Crippen molar-refractivity contribution in [3.63, 3.8) is 0 Å². The average molecular weight is 539 g/mol. The summed E-state index contributed by atoms with van der Waals surface area (Å²) >= 11 is 5.77. The number of aromatic nitrogens is 5. The zero-order valence-electron chi connectivity index (χ0n) is 18.9. The van der Waals surface area contributed by atoms with Crippen LogP contribution < -0.4 is 16.4 Å². The summed E-state index contributed by atoms with van der Waals surface area (Å²) in [4.78, 5) is 32.5. The fourth-order valence-corrected chi connectivity index (χ4v) is 3.93. The average Bonchev–Trinajstić information content (AvgIpc) is 2.84. The standard InChI is InChI=1S/C23H19ClF4N6O3/c24-13-8-29-20(30-9-13)16-6-12-3-5-34(22(37)15(12)7-17(16)25)4-1-2-14(11-35)32-18-10-31-33-21(36)19(18)23(26,27)28/h3,5-10,14,35H,1-2,4,11H2,(H2,32,33,36)/t14-/m1/s1. The van der Waals surface area contributed by atoms with Gasteiger partial charge in [0, 0.05) is 31.2 Å². The Morgan fingerprint density at radius 3 is 2.57 bits per heavy atom. The molecule has 3 heterocycles. The van der Waals surface area contributed by atoms with Crippen LogP contribution in [-0.4, -0.2) is 42.5 Å². The number of aliphatic hydroxyl groups excluding tert-OH is 1. The van der Waals surface area contributed by atoms with E-state index in [0.717, 1.165) is 12.3 Å². The molecule has 0 bridgehead atoms. The van der Waals surface area contributed by atoms with E-state index >= 15 is 0 Å². The molecule has 0 fully saturated rings. The highest BCUT2D eigenvalue weighted by Crippen LogP contribution is 2.32. The van der Waals surface area contributed by atoms with Crippen molar-refractivity contribution in [2.75, 3.05) is 11.9 Å². The quantitative estimate of drug-likeness (QED) is 0.293. The zero-order valence-corrected chi connectivity index (χ0v) is 19.6. The van der Waals surface area contributed by atoms with Gasteiger partial charge in [0.25, 0.3) is 11.1 Å². The Morgan fingerprint density at radius 2 is 1.89 bits per heavy atom. The normalized spacial score (nSPS) is 12.6. The summed E-state index contributed by atoms with van der Waals surface area (Å²) in [6.07, 6.45) is 0.503. The lowest BCUT2D eigenvalue weighted by Gasteiger charge is -2.20. The maximum Gasteiger partial charge on any atom is 0.423 e. The number of hydrogen-bond donors (Lipinski definition) is 3. The summed E-state index contributed by atoms with van der Waals surface area (Å²) in [5.41, 5.74) is -3.78. The van der Waals surface area contributed by atoms with Crippen LogP contribution in [-0.2, 0) is 12.7 Å². The number of hydrogen-bond acceptors (Lipinski definition) is 7. The lowest BCUT2D eigenvalue weighted by atomic mass is 10.1. The van der Waals surface area contributed by atoms with Crippen molar-refractivity contribution in [3.05, 3.63) is 80.1 Å². The highest BCUT2D eigenvalue weighted by molar-refractivity contribution is 6.30. The van der Waals surface area contributed by atoms with Gasteiger partial charge < -0.3 is 15.0 Å². The first-order valence-electron chi connectivity index (χ1n) is 10.9. The van der Waals surface area contributed by atoms with Crippen molar-refractivity contribution >= 4 is 28.1 Å². The van der Waals surface area contributed by atoms with Gasteiger partial charge in [-0.3, -0.25) is 9.59 Å². The number of halogens is 5. The molecule has 194 valence electrons. The molecule has 4 rings (SSSR count). The van der Waals surface area contributed by atoms with Crippen molar-refractivity contribution in [2.45, 2.75) is 31.6 Å². The van der Waals surface area contributed by atoms with E-state index in [-0.39, 0.29) is 36.2 Å². The van der Waals surface area contributed by atoms with Gasteiger partial charge in [0.15, 0.2) is 5.82 Å². The maximum atomic E-state index is 14.8. The van der Waals surface area contributed by atoms with Gasteiger partial charge >= 0.3 is 6.18 Å². The van der Waals surface area contributed by atoms with Crippen LogP contribution in [0.25, 0.3) is 22.2 Å². The van der Waals surface area contributed by atoms with Gasteiger partial charge in [-0.2, -0.15) is 18.3 Å². The van der Waals surface area contributed by atoms with Crippen LogP contribution in [0.1, 0.15) is 18.4 Å². The minimum Gasteiger partial charge on any atom is -0.394 e. The Bertz CT molecular complexity index is 1540. The molecule has 0 aliphatic rings. The second kappa shape index (κ2) is 10.6. The van der Waals surface area contributed by atoms with Crippen LogP contribution >= 0.6 is 11.6 Å². The number of H-pyrrole nitrogens is 1. The Labute approximate surface area is 210 Å². The SMILES string of the molecule is O=c1[nH]ncc(N[C@@H](CO)CCCn2ccc3cc(-c4ncc(Cl)cn4)c(F)cc3c2=O)c1C(F)(F)F. The molecule has 37 heavy (non-hydrogen) atoms. The number of alkyl halides is 3. The summed E-state index contributed by atoms with van der Waals surface area (Å²) in [6, 6.07) is 3.33. The fourth-order valence-electron chi connectivity index (χ4n) is 3.83. The molecule has 0 saturated heterocycles. The first-order valence-corrected chi connectivity index (χ1v) is 11.3. The lowest BCUT2D eigenvalue weighted by Crippen LogP contribution is -2.30. The Balaban J connectivity index is 1.49. The molecule has 9 nitrogen and oxygen atoms in total. The molecule has 3 N–H and O–H groups in total. The van der Waals surface area contributed by atoms with Crippen LogP contribution in [0.15, 0.2) is 52.6 Å². The molecule has 0 spiro atoms. The van der Waals surface area contributed by atoms with Crippen molar-refractivity contribution < 1.29 is 22.7 Å². The highest BCUT2D eigenvalue weighted by atomic mass is 35.5. The third-order valence-electron chi connectivity index (χ3n) is 5.60. The number of nitrogens with one attached hydrogen (secondary N) is 2. The Morgan fingerprint density at radius 1 is 1.16 bits per heavy atom. The first-order chi connectivity index (χ1) is 17.6. The van der Waals surface area contributed by atoms with Gasteiger partial charge in [0.2, 0.25) is 0 Å². The van der Waals surface area contributed by atoms with E-state index in [1.165, 1.54) is 29.2 Å². The molecule has 0 saturated carbocycles. The van der Waals surface area contributed by atoms with Gasteiger partial charge in [-0.05, 0) is 36.4 Å². The maximum absolute atomic E-state index is 14.8. The minimum absolute atomic E-state index is 0.102. The molecule has 0 aliphatic heterocycles. The number of pyridine rings is 1. The third kappa shape index (κ3) is 5.78. The third-order valence-corrected chi connectivity index (χ3v) is 5.79. The number of rotatable bonds is 8. The zero-order chi connectivity index (χ0) is 26.7. The fraction of sp³-hybridized carbons (Fsp3) is 0.261. The number of fused-ring (bicyclic) bond motifs is 1. The molecule has 0 unspecified atom stereocenters. The predicted molar refractivity (Wildman–Crippen MR) is 128 cm³/mol. The van der Waals surface area contributed by atoms with Gasteiger partial charge in [-0.1, -0.05) is 11.6 Å². The van der Waals surface area contributed by atoms with Gasteiger partial charge in [0.05, 0.1) is 34.5 Å². The van der Waals surface area contributed by atoms with Crippen LogP contribution in [0.3, 0.4) is 0 Å². The number of anilines is 1. The summed E-state index contributed by atoms with van der Waals surface area (Å²) in [5.74, 6) is -0.582. The molecule has 3 aromatic heterocycles. The monoisotopic (exact) mass is 538 g/mol. The summed E-state index contributed by atoms with van der Waals surface area (Å²) in [6.45, 7) is -0.381. The van der Waals surface area contributed by atoms with Crippen LogP contribution in [0.4, 0.5) is 23.2 Å². The molecule has 1 aromatic carbocycles. The van der Waals surface area contributed by atoms with Crippen LogP contribution in [0.2, 0.25) is 5.02 Å². The molecule has 0 amide bonds. The summed E-state index contributed by atoms with van der Waals surface area (Å²) in [5, 5.41) is 18.1. The van der Waals surface area contributed by atoms with E-state index in [2.05, 4.69) is 20.4 Å².